The lowest BCUT2D eigenvalue weighted by Gasteiger charge is -2.40. The molecule has 1 aliphatic carbocycles. The number of ether oxygens (including phenoxy) is 1. The number of carbonyl (C=O) groups excluding carboxylic acids is 3. The Morgan fingerprint density at radius 1 is 0.971 bits per heavy atom. The standard InChI is InChI=1S/C26H28N4O4/c27-24(32)20-8-11-22(25(28)33)26(16-20,29-23(31)17-30-12-14-34-15-13-30)21-9-6-19(7-10-21)18-4-2-1-3-5-18/h1-11,16,22H,12-15,17H2,(H2,27,32)(H2,28,33)(H,29,31). The number of primary amides is 2. The van der Waals surface area contributed by atoms with Gasteiger partial charge in [-0.2, -0.15) is 0 Å². The van der Waals surface area contributed by atoms with Crippen LogP contribution in [-0.2, 0) is 24.7 Å². The quantitative estimate of drug-likeness (QED) is 0.570. The Morgan fingerprint density at radius 3 is 2.24 bits per heavy atom. The Kier molecular flexibility index (Phi) is 6.90. The van der Waals surface area contributed by atoms with Gasteiger partial charge in [0.15, 0.2) is 0 Å². The number of nitrogens with two attached hydrogens (primary N) is 2. The van der Waals surface area contributed by atoms with E-state index in [0.717, 1.165) is 11.1 Å². The molecule has 3 amide bonds. The second-order valence-corrected chi connectivity index (χ2v) is 8.45. The Hall–Kier alpha value is -3.75. The highest BCUT2D eigenvalue weighted by Gasteiger charge is 2.44. The van der Waals surface area contributed by atoms with E-state index in [-0.39, 0.29) is 18.0 Å². The van der Waals surface area contributed by atoms with E-state index >= 15 is 0 Å². The molecule has 1 saturated heterocycles. The predicted octanol–water partition coefficient (Wildman–Crippen LogP) is 1.08. The van der Waals surface area contributed by atoms with Crippen LogP contribution in [0.2, 0.25) is 0 Å². The molecule has 2 unspecified atom stereocenters. The summed E-state index contributed by atoms with van der Waals surface area (Å²) in [6.45, 7) is 2.50. The molecule has 0 radical (unpaired) electrons. The highest BCUT2D eigenvalue weighted by Crippen LogP contribution is 2.38. The maximum Gasteiger partial charge on any atom is 0.248 e. The molecule has 2 atom stereocenters. The van der Waals surface area contributed by atoms with Gasteiger partial charge in [-0.3, -0.25) is 19.3 Å². The first-order valence-corrected chi connectivity index (χ1v) is 11.2. The lowest BCUT2D eigenvalue weighted by Crippen LogP contribution is -2.56. The minimum absolute atomic E-state index is 0.127. The molecular weight excluding hydrogens is 432 g/mol. The average Bonchev–Trinajstić information content (AvgIpc) is 2.85. The van der Waals surface area contributed by atoms with Crippen LogP contribution in [0.15, 0.2) is 78.4 Å². The highest BCUT2D eigenvalue weighted by atomic mass is 16.5. The van der Waals surface area contributed by atoms with Crippen LogP contribution in [0.3, 0.4) is 0 Å². The number of nitrogens with zero attached hydrogens (tertiary/aromatic N) is 1. The summed E-state index contributed by atoms with van der Waals surface area (Å²) in [5.74, 6) is -2.50. The van der Waals surface area contributed by atoms with Gasteiger partial charge < -0.3 is 21.5 Å². The fourth-order valence-corrected chi connectivity index (χ4v) is 4.46. The first-order chi connectivity index (χ1) is 16.4. The third-order valence-corrected chi connectivity index (χ3v) is 6.22. The fraction of sp³-hybridized carbons (Fsp3) is 0.269. The summed E-state index contributed by atoms with van der Waals surface area (Å²) in [6, 6.07) is 17.3. The van der Waals surface area contributed by atoms with Crippen LogP contribution in [0.5, 0.6) is 0 Å². The van der Waals surface area contributed by atoms with Crippen molar-refractivity contribution >= 4 is 17.7 Å². The summed E-state index contributed by atoms with van der Waals surface area (Å²) < 4.78 is 5.35. The number of amides is 3. The zero-order chi connectivity index (χ0) is 24.1. The molecule has 34 heavy (non-hydrogen) atoms. The largest absolute Gasteiger partial charge is 0.379 e. The minimum Gasteiger partial charge on any atom is -0.379 e. The van der Waals surface area contributed by atoms with Crippen LogP contribution in [0.25, 0.3) is 11.1 Å². The van der Waals surface area contributed by atoms with Gasteiger partial charge in [-0.05, 0) is 22.8 Å². The third kappa shape index (κ3) is 4.93. The van der Waals surface area contributed by atoms with Crippen LogP contribution < -0.4 is 16.8 Å². The Morgan fingerprint density at radius 2 is 1.62 bits per heavy atom. The second kappa shape index (κ2) is 10.0. The van der Waals surface area contributed by atoms with Gasteiger partial charge in [0.2, 0.25) is 17.7 Å². The number of nitrogens with one attached hydrogen (secondary N) is 1. The van der Waals surface area contributed by atoms with Crippen molar-refractivity contribution in [3.63, 3.8) is 0 Å². The van der Waals surface area contributed by atoms with Crippen molar-refractivity contribution in [1.82, 2.24) is 10.2 Å². The minimum atomic E-state index is -1.36. The summed E-state index contributed by atoms with van der Waals surface area (Å²) in [4.78, 5) is 39.7. The van der Waals surface area contributed by atoms with Crippen molar-refractivity contribution in [3.8, 4) is 11.1 Å². The van der Waals surface area contributed by atoms with E-state index in [1.807, 2.05) is 59.5 Å². The summed E-state index contributed by atoms with van der Waals surface area (Å²) in [7, 11) is 0. The van der Waals surface area contributed by atoms with E-state index < -0.39 is 23.3 Å². The molecule has 8 nitrogen and oxygen atoms in total. The van der Waals surface area contributed by atoms with Crippen LogP contribution in [-0.4, -0.2) is 55.5 Å². The number of rotatable bonds is 7. The first-order valence-electron chi connectivity index (χ1n) is 11.2. The van der Waals surface area contributed by atoms with Crippen molar-refractivity contribution in [2.45, 2.75) is 5.54 Å². The van der Waals surface area contributed by atoms with Gasteiger partial charge in [0.25, 0.3) is 0 Å². The molecule has 8 heteroatoms. The van der Waals surface area contributed by atoms with E-state index in [0.29, 0.717) is 31.9 Å². The molecule has 0 aromatic heterocycles. The van der Waals surface area contributed by atoms with E-state index in [4.69, 9.17) is 16.2 Å². The molecule has 1 aliphatic heterocycles. The molecule has 0 bridgehead atoms. The summed E-state index contributed by atoms with van der Waals surface area (Å²) in [5.41, 5.74) is 12.8. The molecule has 5 N–H and O–H groups in total. The van der Waals surface area contributed by atoms with Gasteiger partial charge in [-0.1, -0.05) is 66.7 Å². The molecule has 2 aromatic carbocycles. The topological polar surface area (TPSA) is 128 Å². The summed E-state index contributed by atoms with van der Waals surface area (Å²) >= 11 is 0. The van der Waals surface area contributed by atoms with Crippen LogP contribution >= 0.6 is 0 Å². The van der Waals surface area contributed by atoms with Gasteiger partial charge in [0.05, 0.1) is 31.2 Å². The van der Waals surface area contributed by atoms with Crippen LogP contribution in [0.1, 0.15) is 5.56 Å². The molecule has 1 fully saturated rings. The molecule has 2 aliphatic rings. The molecule has 0 spiro atoms. The molecule has 4 rings (SSSR count). The smallest absolute Gasteiger partial charge is 0.248 e. The molecule has 1 heterocycles. The van der Waals surface area contributed by atoms with Gasteiger partial charge in [-0.25, -0.2) is 0 Å². The Balaban J connectivity index is 1.74. The lowest BCUT2D eigenvalue weighted by atomic mass is 9.72. The van der Waals surface area contributed by atoms with Crippen molar-refractivity contribution in [3.05, 3.63) is 84.0 Å². The first kappa shape index (κ1) is 23.4. The zero-order valence-electron chi connectivity index (χ0n) is 18.8. The SMILES string of the molecule is NC(=O)C1=CC(NC(=O)CN2CCOCC2)(c2ccc(-c3ccccc3)cc2)C(C(N)=O)C=C1. The Labute approximate surface area is 198 Å². The number of hydrogen-bond acceptors (Lipinski definition) is 5. The summed E-state index contributed by atoms with van der Waals surface area (Å²) in [6.07, 6.45) is 4.55. The lowest BCUT2D eigenvalue weighted by molar-refractivity contribution is -0.127. The van der Waals surface area contributed by atoms with Gasteiger partial charge in [0.1, 0.15) is 0 Å². The number of morpholine rings is 1. The maximum absolute atomic E-state index is 13.2. The molecule has 176 valence electrons. The van der Waals surface area contributed by atoms with E-state index in [9.17, 15) is 14.4 Å². The van der Waals surface area contributed by atoms with Gasteiger partial charge >= 0.3 is 0 Å². The molecular formula is C26H28N4O4. The second-order valence-electron chi connectivity index (χ2n) is 8.45. The Bertz CT molecular complexity index is 1120. The fourth-order valence-electron chi connectivity index (χ4n) is 4.46. The van der Waals surface area contributed by atoms with Gasteiger partial charge in [-0.15, -0.1) is 0 Å². The van der Waals surface area contributed by atoms with Crippen LogP contribution in [0, 0.1) is 5.92 Å². The zero-order valence-corrected chi connectivity index (χ0v) is 18.8. The van der Waals surface area contributed by atoms with Crippen molar-refractivity contribution in [2.75, 3.05) is 32.8 Å². The number of hydrogen-bond donors (Lipinski definition) is 3. The van der Waals surface area contributed by atoms with E-state index in [1.54, 1.807) is 6.08 Å². The molecule has 0 saturated carbocycles. The van der Waals surface area contributed by atoms with Crippen molar-refractivity contribution < 1.29 is 19.1 Å². The predicted molar refractivity (Wildman–Crippen MR) is 128 cm³/mol. The number of benzene rings is 2. The normalized spacial score (nSPS) is 22.6. The van der Waals surface area contributed by atoms with E-state index in [1.165, 1.54) is 12.2 Å². The summed E-state index contributed by atoms with van der Waals surface area (Å²) in [5, 5.41) is 3.01. The maximum atomic E-state index is 13.2. The van der Waals surface area contributed by atoms with E-state index in [2.05, 4.69) is 5.32 Å². The third-order valence-electron chi connectivity index (χ3n) is 6.22. The van der Waals surface area contributed by atoms with Crippen LogP contribution in [0.4, 0.5) is 0 Å². The monoisotopic (exact) mass is 460 g/mol. The van der Waals surface area contributed by atoms with Crippen molar-refractivity contribution in [2.24, 2.45) is 17.4 Å². The molecule has 2 aromatic rings. The van der Waals surface area contributed by atoms with Crippen molar-refractivity contribution in [1.29, 1.82) is 0 Å². The highest BCUT2D eigenvalue weighted by molar-refractivity contribution is 5.97. The number of carbonyl (C=O) groups is 3. The average molecular weight is 461 g/mol. The van der Waals surface area contributed by atoms with Gasteiger partial charge in [0, 0.05) is 18.7 Å².